The summed E-state index contributed by atoms with van der Waals surface area (Å²) in [6, 6.07) is 6.50. The van der Waals surface area contributed by atoms with Crippen LogP contribution in [-0.4, -0.2) is 28.9 Å². The van der Waals surface area contributed by atoms with E-state index in [1.165, 1.54) is 17.0 Å². The van der Waals surface area contributed by atoms with Gasteiger partial charge in [0.1, 0.15) is 0 Å². The fourth-order valence-corrected chi connectivity index (χ4v) is 1.63. The van der Waals surface area contributed by atoms with Gasteiger partial charge in [-0.3, -0.25) is 10.1 Å². The molecule has 0 aromatic heterocycles. The first kappa shape index (κ1) is 12.3. The standard InChI is InChI=1S/C12H15N3O3/c1-14(12(16)13-10-5-6-10)8-9-3-2-4-11(7-9)15(17)18/h2-4,7,10H,5-6,8H2,1H3,(H,13,16). The van der Waals surface area contributed by atoms with Gasteiger partial charge in [0.25, 0.3) is 5.69 Å². The lowest BCUT2D eigenvalue weighted by Gasteiger charge is -2.17. The molecule has 0 heterocycles. The highest BCUT2D eigenvalue weighted by Gasteiger charge is 2.24. The van der Waals surface area contributed by atoms with Gasteiger partial charge in [0.05, 0.1) is 4.92 Å². The van der Waals surface area contributed by atoms with Crippen LogP contribution in [0.4, 0.5) is 10.5 Å². The van der Waals surface area contributed by atoms with Crippen LogP contribution in [0.3, 0.4) is 0 Å². The summed E-state index contributed by atoms with van der Waals surface area (Å²) >= 11 is 0. The van der Waals surface area contributed by atoms with Gasteiger partial charge in [-0.15, -0.1) is 0 Å². The Bertz CT molecular complexity index is 471. The number of non-ortho nitro benzene ring substituents is 1. The molecular weight excluding hydrogens is 234 g/mol. The molecule has 0 aliphatic heterocycles. The Hall–Kier alpha value is -2.11. The minimum Gasteiger partial charge on any atom is -0.335 e. The average molecular weight is 249 g/mol. The van der Waals surface area contributed by atoms with E-state index in [4.69, 9.17) is 0 Å². The van der Waals surface area contributed by atoms with E-state index in [-0.39, 0.29) is 11.7 Å². The first-order chi connectivity index (χ1) is 8.56. The number of nitro groups is 1. The van der Waals surface area contributed by atoms with Gasteiger partial charge in [-0.05, 0) is 18.4 Å². The molecular formula is C12H15N3O3. The Morgan fingerprint density at radius 3 is 2.89 bits per heavy atom. The molecule has 0 spiro atoms. The third-order valence-electron chi connectivity index (χ3n) is 2.79. The molecule has 6 nitrogen and oxygen atoms in total. The second kappa shape index (κ2) is 5.03. The maximum Gasteiger partial charge on any atom is 0.317 e. The molecule has 0 radical (unpaired) electrons. The first-order valence-electron chi connectivity index (χ1n) is 5.81. The van der Waals surface area contributed by atoms with E-state index in [1.807, 2.05) is 0 Å². The maximum absolute atomic E-state index is 11.7. The molecule has 1 N–H and O–H groups in total. The number of rotatable bonds is 4. The lowest BCUT2D eigenvalue weighted by molar-refractivity contribution is -0.384. The fraction of sp³-hybridized carbons (Fsp3) is 0.417. The van der Waals surface area contributed by atoms with Crippen LogP contribution in [-0.2, 0) is 6.54 Å². The molecule has 1 aromatic carbocycles. The topological polar surface area (TPSA) is 75.5 Å². The molecule has 0 bridgehead atoms. The smallest absolute Gasteiger partial charge is 0.317 e. The largest absolute Gasteiger partial charge is 0.335 e. The van der Waals surface area contributed by atoms with Crippen molar-refractivity contribution in [2.75, 3.05) is 7.05 Å². The summed E-state index contributed by atoms with van der Waals surface area (Å²) in [6.07, 6.45) is 2.08. The Morgan fingerprint density at radius 2 is 2.28 bits per heavy atom. The highest BCUT2D eigenvalue weighted by molar-refractivity contribution is 5.74. The number of nitrogens with zero attached hydrogens (tertiary/aromatic N) is 2. The van der Waals surface area contributed by atoms with E-state index in [2.05, 4.69) is 5.32 Å². The second-order valence-electron chi connectivity index (χ2n) is 4.51. The number of nitrogens with one attached hydrogen (secondary N) is 1. The second-order valence-corrected chi connectivity index (χ2v) is 4.51. The van der Waals surface area contributed by atoms with Crippen LogP contribution in [0.2, 0.25) is 0 Å². The third kappa shape index (κ3) is 3.19. The minimum absolute atomic E-state index is 0.0449. The minimum atomic E-state index is -0.437. The number of nitro benzene ring substituents is 1. The fourth-order valence-electron chi connectivity index (χ4n) is 1.63. The van der Waals surface area contributed by atoms with Gasteiger partial charge >= 0.3 is 6.03 Å². The van der Waals surface area contributed by atoms with Crippen LogP contribution in [0.25, 0.3) is 0 Å². The molecule has 0 unspecified atom stereocenters. The summed E-state index contributed by atoms with van der Waals surface area (Å²) in [5.74, 6) is 0. The highest BCUT2D eigenvalue weighted by atomic mass is 16.6. The lowest BCUT2D eigenvalue weighted by Crippen LogP contribution is -2.37. The van der Waals surface area contributed by atoms with Gasteiger partial charge < -0.3 is 10.2 Å². The van der Waals surface area contributed by atoms with Gasteiger partial charge in [0, 0.05) is 31.8 Å². The molecule has 1 aliphatic rings. The number of urea groups is 1. The SMILES string of the molecule is CN(Cc1cccc([N+](=O)[O-])c1)C(=O)NC1CC1. The van der Waals surface area contributed by atoms with Crippen LogP contribution in [0.1, 0.15) is 18.4 Å². The van der Waals surface area contributed by atoms with Crippen molar-refractivity contribution in [3.05, 3.63) is 39.9 Å². The average Bonchev–Trinajstić information content (AvgIpc) is 3.13. The summed E-state index contributed by atoms with van der Waals surface area (Å²) in [5, 5.41) is 13.5. The van der Waals surface area contributed by atoms with Crippen molar-refractivity contribution >= 4 is 11.7 Å². The van der Waals surface area contributed by atoms with E-state index in [0.717, 1.165) is 18.4 Å². The Labute approximate surface area is 105 Å². The van der Waals surface area contributed by atoms with Gasteiger partial charge in [-0.1, -0.05) is 12.1 Å². The van der Waals surface area contributed by atoms with Crippen molar-refractivity contribution < 1.29 is 9.72 Å². The summed E-state index contributed by atoms with van der Waals surface area (Å²) in [7, 11) is 1.68. The molecule has 18 heavy (non-hydrogen) atoms. The van der Waals surface area contributed by atoms with E-state index in [9.17, 15) is 14.9 Å². The van der Waals surface area contributed by atoms with Crippen LogP contribution < -0.4 is 5.32 Å². The molecule has 96 valence electrons. The van der Waals surface area contributed by atoms with Gasteiger partial charge in [0.2, 0.25) is 0 Å². The van der Waals surface area contributed by atoms with Crippen molar-refractivity contribution in [2.24, 2.45) is 0 Å². The number of hydrogen-bond donors (Lipinski definition) is 1. The maximum atomic E-state index is 11.7. The van der Waals surface area contributed by atoms with E-state index < -0.39 is 4.92 Å². The normalized spacial score (nSPS) is 14.1. The van der Waals surface area contributed by atoms with Crippen LogP contribution in [0.5, 0.6) is 0 Å². The molecule has 2 amide bonds. The van der Waals surface area contributed by atoms with E-state index in [0.29, 0.717) is 12.6 Å². The zero-order chi connectivity index (χ0) is 13.1. The Morgan fingerprint density at radius 1 is 1.56 bits per heavy atom. The quantitative estimate of drug-likeness (QED) is 0.654. The molecule has 1 saturated carbocycles. The lowest BCUT2D eigenvalue weighted by atomic mass is 10.2. The predicted octanol–water partition coefficient (Wildman–Crippen LogP) is 1.90. The van der Waals surface area contributed by atoms with Crippen LogP contribution >= 0.6 is 0 Å². The molecule has 6 heteroatoms. The van der Waals surface area contributed by atoms with Crippen LogP contribution in [0.15, 0.2) is 24.3 Å². The van der Waals surface area contributed by atoms with Crippen molar-refractivity contribution in [3.63, 3.8) is 0 Å². The van der Waals surface area contributed by atoms with Gasteiger partial charge in [0.15, 0.2) is 0 Å². The summed E-state index contributed by atoms with van der Waals surface area (Å²) in [5.41, 5.74) is 0.793. The van der Waals surface area contributed by atoms with Gasteiger partial charge in [-0.2, -0.15) is 0 Å². The van der Waals surface area contributed by atoms with E-state index in [1.54, 1.807) is 19.2 Å². The van der Waals surface area contributed by atoms with E-state index >= 15 is 0 Å². The number of carbonyl (C=O) groups excluding carboxylic acids is 1. The third-order valence-corrected chi connectivity index (χ3v) is 2.79. The van der Waals surface area contributed by atoms with Crippen molar-refractivity contribution in [2.45, 2.75) is 25.4 Å². The molecule has 2 rings (SSSR count). The number of hydrogen-bond acceptors (Lipinski definition) is 3. The number of amides is 2. The highest BCUT2D eigenvalue weighted by Crippen LogP contribution is 2.19. The number of benzene rings is 1. The zero-order valence-corrected chi connectivity index (χ0v) is 10.1. The monoisotopic (exact) mass is 249 g/mol. The first-order valence-corrected chi connectivity index (χ1v) is 5.81. The summed E-state index contributed by atoms with van der Waals surface area (Å²) < 4.78 is 0. The molecule has 0 saturated heterocycles. The van der Waals surface area contributed by atoms with Crippen LogP contribution in [0, 0.1) is 10.1 Å². The predicted molar refractivity (Wildman–Crippen MR) is 66.1 cm³/mol. The Kier molecular flexibility index (Phi) is 3.45. The molecule has 1 aromatic rings. The zero-order valence-electron chi connectivity index (χ0n) is 10.1. The Balaban J connectivity index is 1.96. The molecule has 1 fully saturated rings. The van der Waals surface area contributed by atoms with Crippen molar-refractivity contribution in [1.82, 2.24) is 10.2 Å². The summed E-state index contributed by atoms with van der Waals surface area (Å²) in [4.78, 5) is 23.4. The van der Waals surface area contributed by atoms with Gasteiger partial charge in [-0.25, -0.2) is 4.79 Å². The van der Waals surface area contributed by atoms with Crippen molar-refractivity contribution in [1.29, 1.82) is 0 Å². The number of carbonyl (C=O) groups is 1. The van der Waals surface area contributed by atoms with Crippen molar-refractivity contribution in [3.8, 4) is 0 Å². The molecule has 0 atom stereocenters. The molecule has 1 aliphatic carbocycles. The summed E-state index contributed by atoms with van der Waals surface area (Å²) in [6.45, 7) is 0.361.